The molecular weight excluding hydrogens is 232 g/mol. The number of thiophene rings is 1. The Labute approximate surface area is 105 Å². The third-order valence-corrected chi connectivity index (χ3v) is 4.19. The molecule has 90 valence electrons. The fourth-order valence-electron chi connectivity index (χ4n) is 2.16. The zero-order valence-corrected chi connectivity index (χ0v) is 11.3. The van der Waals surface area contributed by atoms with E-state index in [4.69, 9.17) is 0 Å². The molecule has 0 saturated carbocycles. The first-order chi connectivity index (χ1) is 7.82. The second kappa shape index (κ2) is 3.84. The van der Waals surface area contributed by atoms with Crippen molar-refractivity contribution in [3.63, 3.8) is 0 Å². The van der Waals surface area contributed by atoms with Crippen LogP contribution in [0.4, 0.5) is 0 Å². The SMILES string of the molecule is Cc1cccc2c(C(C)(C)C)c(C(=O)O)sc12. The lowest BCUT2D eigenvalue weighted by molar-refractivity contribution is 0.0700. The molecule has 0 saturated heterocycles. The van der Waals surface area contributed by atoms with Crippen molar-refractivity contribution in [2.45, 2.75) is 33.1 Å². The number of hydrogen-bond acceptors (Lipinski definition) is 2. The number of aromatic carboxylic acids is 1. The highest BCUT2D eigenvalue weighted by molar-refractivity contribution is 7.21. The minimum absolute atomic E-state index is 0.153. The molecule has 1 heterocycles. The number of benzene rings is 1. The van der Waals surface area contributed by atoms with Crippen LogP contribution in [0, 0.1) is 6.92 Å². The second-order valence-corrected chi connectivity index (χ2v) is 6.33. The highest BCUT2D eigenvalue weighted by Crippen LogP contribution is 2.40. The molecule has 0 aliphatic rings. The smallest absolute Gasteiger partial charge is 0.346 e. The monoisotopic (exact) mass is 248 g/mol. The van der Waals surface area contributed by atoms with Crippen LogP contribution >= 0.6 is 11.3 Å². The molecular formula is C14H16O2S. The van der Waals surface area contributed by atoms with Crippen LogP contribution in [0.5, 0.6) is 0 Å². The molecule has 1 N–H and O–H groups in total. The lowest BCUT2D eigenvalue weighted by Crippen LogP contribution is -2.14. The number of carboxylic acid groups (broad SMARTS) is 1. The van der Waals surface area contributed by atoms with Gasteiger partial charge in [0.05, 0.1) is 0 Å². The van der Waals surface area contributed by atoms with Crippen LogP contribution in [-0.2, 0) is 5.41 Å². The average molecular weight is 248 g/mol. The normalized spacial score (nSPS) is 12.0. The summed E-state index contributed by atoms with van der Waals surface area (Å²) in [5.74, 6) is -0.824. The van der Waals surface area contributed by atoms with Gasteiger partial charge in [0.1, 0.15) is 4.88 Å². The molecule has 3 heteroatoms. The number of carboxylic acids is 1. The molecule has 17 heavy (non-hydrogen) atoms. The number of hydrogen-bond donors (Lipinski definition) is 1. The molecule has 0 atom stereocenters. The highest BCUT2D eigenvalue weighted by atomic mass is 32.1. The molecule has 0 fully saturated rings. The quantitative estimate of drug-likeness (QED) is 0.821. The first-order valence-electron chi connectivity index (χ1n) is 5.58. The molecule has 0 radical (unpaired) electrons. The summed E-state index contributed by atoms with van der Waals surface area (Å²) in [5, 5.41) is 10.4. The minimum Gasteiger partial charge on any atom is -0.477 e. The maximum Gasteiger partial charge on any atom is 0.346 e. The van der Waals surface area contributed by atoms with E-state index in [-0.39, 0.29) is 5.41 Å². The summed E-state index contributed by atoms with van der Waals surface area (Å²) in [7, 11) is 0. The van der Waals surface area contributed by atoms with Gasteiger partial charge in [-0.15, -0.1) is 11.3 Å². The van der Waals surface area contributed by atoms with E-state index in [1.54, 1.807) is 0 Å². The summed E-state index contributed by atoms with van der Waals surface area (Å²) in [4.78, 5) is 11.8. The summed E-state index contributed by atoms with van der Waals surface area (Å²) >= 11 is 1.39. The molecule has 0 amide bonds. The summed E-state index contributed by atoms with van der Waals surface area (Å²) < 4.78 is 1.09. The average Bonchev–Trinajstić information content (AvgIpc) is 2.57. The Hall–Kier alpha value is -1.35. The van der Waals surface area contributed by atoms with Crippen LogP contribution in [0.15, 0.2) is 18.2 Å². The standard InChI is InChI=1S/C14H16O2S/c1-8-6-5-7-9-10(14(2,3)4)12(13(15)16)17-11(8)9/h5-7H,1-4H3,(H,15,16). The molecule has 0 spiro atoms. The largest absolute Gasteiger partial charge is 0.477 e. The Morgan fingerprint density at radius 1 is 1.29 bits per heavy atom. The van der Waals surface area contributed by atoms with Crippen LogP contribution in [0.1, 0.15) is 41.6 Å². The van der Waals surface area contributed by atoms with Gasteiger partial charge in [0.2, 0.25) is 0 Å². The van der Waals surface area contributed by atoms with Crippen LogP contribution < -0.4 is 0 Å². The molecule has 0 aliphatic carbocycles. The minimum atomic E-state index is -0.824. The summed E-state index contributed by atoms with van der Waals surface area (Å²) in [6.07, 6.45) is 0. The maximum atomic E-state index is 11.4. The van der Waals surface area contributed by atoms with Gasteiger partial charge in [0, 0.05) is 4.70 Å². The van der Waals surface area contributed by atoms with Gasteiger partial charge < -0.3 is 5.11 Å². The Morgan fingerprint density at radius 2 is 1.94 bits per heavy atom. The molecule has 1 aromatic heterocycles. The van der Waals surface area contributed by atoms with Crippen molar-refractivity contribution in [2.75, 3.05) is 0 Å². The van der Waals surface area contributed by atoms with E-state index in [1.807, 2.05) is 25.1 Å². The molecule has 2 rings (SSSR count). The number of fused-ring (bicyclic) bond motifs is 1. The van der Waals surface area contributed by atoms with Crippen molar-refractivity contribution in [1.29, 1.82) is 0 Å². The fourth-order valence-corrected chi connectivity index (χ4v) is 3.47. The summed E-state index contributed by atoms with van der Waals surface area (Å²) in [5.41, 5.74) is 1.94. The van der Waals surface area contributed by atoms with Gasteiger partial charge >= 0.3 is 5.97 Å². The number of aryl methyl sites for hydroxylation is 1. The van der Waals surface area contributed by atoms with E-state index in [1.165, 1.54) is 11.3 Å². The maximum absolute atomic E-state index is 11.4. The Morgan fingerprint density at radius 3 is 2.47 bits per heavy atom. The van der Waals surface area contributed by atoms with E-state index in [2.05, 4.69) is 20.8 Å². The van der Waals surface area contributed by atoms with Crippen LogP contribution in [0.3, 0.4) is 0 Å². The number of carbonyl (C=O) groups is 1. The second-order valence-electron chi connectivity index (χ2n) is 5.31. The van der Waals surface area contributed by atoms with E-state index in [0.29, 0.717) is 4.88 Å². The van der Waals surface area contributed by atoms with Crippen LogP contribution in [0.2, 0.25) is 0 Å². The zero-order valence-electron chi connectivity index (χ0n) is 10.5. The Bertz CT molecular complexity index is 588. The molecule has 2 nitrogen and oxygen atoms in total. The predicted molar refractivity (Wildman–Crippen MR) is 72.2 cm³/mol. The Kier molecular flexibility index (Phi) is 2.74. The summed E-state index contributed by atoms with van der Waals surface area (Å²) in [6.45, 7) is 8.20. The van der Waals surface area contributed by atoms with Crippen molar-refractivity contribution in [3.05, 3.63) is 34.2 Å². The van der Waals surface area contributed by atoms with Gasteiger partial charge in [0.15, 0.2) is 0 Å². The van der Waals surface area contributed by atoms with Gasteiger partial charge in [-0.05, 0) is 28.9 Å². The van der Waals surface area contributed by atoms with Crippen molar-refractivity contribution in [2.24, 2.45) is 0 Å². The van der Waals surface area contributed by atoms with Gasteiger partial charge in [-0.3, -0.25) is 0 Å². The van der Waals surface area contributed by atoms with Crippen molar-refractivity contribution < 1.29 is 9.90 Å². The van der Waals surface area contributed by atoms with E-state index < -0.39 is 5.97 Å². The van der Waals surface area contributed by atoms with Gasteiger partial charge in [-0.2, -0.15) is 0 Å². The fraction of sp³-hybridized carbons (Fsp3) is 0.357. The van der Waals surface area contributed by atoms with E-state index in [9.17, 15) is 9.90 Å². The van der Waals surface area contributed by atoms with Gasteiger partial charge in [-0.1, -0.05) is 39.0 Å². The molecule has 2 aromatic rings. The first-order valence-corrected chi connectivity index (χ1v) is 6.40. The molecule has 1 aromatic carbocycles. The summed E-state index contributed by atoms with van der Waals surface area (Å²) in [6, 6.07) is 6.04. The third-order valence-electron chi connectivity index (χ3n) is 2.86. The molecule has 0 aliphatic heterocycles. The highest BCUT2D eigenvalue weighted by Gasteiger charge is 2.27. The van der Waals surface area contributed by atoms with Crippen molar-refractivity contribution >= 4 is 27.4 Å². The first kappa shape index (κ1) is 12.1. The molecule has 0 unspecified atom stereocenters. The lowest BCUT2D eigenvalue weighted by atomic mass is 9.84. The van der Waals surface area contributed by atoms with Crippen molar-refractivity contribution in [1.82, 2.24) is 0 Å². The van der Waals surface area contributed by atoms with Gasteiger partial charge in [0.25, 0.3) is 0 Å². The van der Waals surface area contributed by atoms with Gasteiger partial charge in [-0.25, -0.2) is 4.79 Å². The zero-order chi connectivity index (χ0) is 12.8. The Balaban J connectivity index is 2.91. The topological polar surface area (TPSA) is 37.3 Å². The van der Waals surface area contributed by atoms with E-state index in [0.717, 1.165) is 21.2 Å². The van der Waals surface area contributed by atoms with Crippen LogP contribution in [-0.4, -0.2) is 11.1 Å². The third kappa shape index (κ3) is 1.95. The van der Waals surface area contributed by atoms with Crippen LogP contribution in [0.25, 0.3) is 10.1 Å². The number of rotatable bonds is 1. The lowest BCUT2D eigenvalue weighted by Gasteiger charge is -2.19. The van der Waals surface area contributed by atoms with E-state index >= 15 is 0 Å². The predicted octanol–water partition coefficient (Wildman–Crippen LogP) is 4.21. The van der Waals surface area contributed by atoms with Crippen molar-refractivity contribution in [3.8, 4) is 0 Å². The molecule has 0 bridgehead atoms.